The number of Topliss-reactive ketones (excluding diaryl/α,β-unsaturated/α-hetero) is 6. The first kappa shape index (κ1) is 27.8. The molecule has 3 aliphatic carbocycles. The van der Waals surface area contributed by atoms with Crippen molar-refractivity contribution in [1.29, 1.82) is 0 Å². The number of rotatable bonds is 3. The Hall–Kier alpha value is -5.96. The lowest BCUT2D eigenvalue weighted by atomic mass is 9.71. The summed E-state index contributed by atoms with van der Waals surface area (Å²) in [5.74, 6) is -6.48. The number of methoxy groups -OCH3 is 1. The molecule has 0 unspecified atom stereocenters. The van der Waals surface area contributed by atoms with Crippen molar-refractivity contribution >= 4 is 46.5 Å². The lowest BCUT2D eigenvalue weighted by Crippen LogP contribution is -2.35. The van der Waals surface area contributed by atoms with Crippen molar-refractivity contribution in [2.75, 3.05) is 7.11 Å². The van der Waals surface area contributed by atoms with Gasteiger partial charge in [0.25, 0.3) is 0 Å². The van der Waals surface area contributed by atoms with Gasteiger partial charge >= 0.3 is 0 Å². The highest BCUT2D eigenvalue weighted by Crippen LogP contribution is 2.45. The molecule has 0 spiro atoms. The smallest absolute Gasteiger partial charge is 0.238 e. The van der Waals surface area contributed by atoms with Crippen LogP contribution in [-0.2, 0) is 9.53 Å². The van der Waals surface area contributed by atoms with E-state index in [4.69, 9.17) is 9.47 Å². The molecule has 9 nitrogen and oxygen atoms in total. The first-order valence-corrected chi connectivity index (χ1v) is 13.9. The van der Waals surface area contributed by atoms with Gasteiger partial charge in [-0.3, -0.25) is 28.8 Å². The Morgan fingerprint density at radius 2 is 1.13 bits per heavy atom. The zero-order valence-electron chi connectivity index (χ0n) is 24.1. The van der Waals surface area contributed by atoms with Gasteiger partial charge in [0.2, 0.25) is 17.3 Å². The Balaban J connectivity index is 1.56. The van der Waals surface area contributed by atoms with Gasteiger partial charge in [-0.2, -0.15) is 0 Å². The lowest BCUT2D eigenvalue weighted by molar-refractivity contribution is -0.111. The van der Waals surface area contributed by atoms with Gasteiger partial charge in [0.15, 0.2) is 23.1 Å². The van der Waals surface area contributed by atoms with Gasteiger partial charge in [0, 0.05) is 50.1 Å². The van der Waals surface area contributed by atoms with Crippen LogP contribution in [0.5, 0.6) is 5.75 Å². The summed E-state index contributed by atoms with van der Waals surface area (Å²) < 4.78 is 11.5. The summed E-state index contributed by atoms with van der Waals surface area (Å²) in [7, 11) is 1.14. The molecule has 0 amide bonds. The van der Waals surface area contributed by atoms with Crippen LogP contribution in [0.15, 0.2) is 94.8 Å². The van der Waals surface area contributed by atoms with Gasteiger partial charge < -0.3 is 14.6 Å². The average molecular weight is 599 g/mol. The van der Waals surface area contributed by atoms with Crippen LogP contribution in [0.1, 0.15) is 76.8 Å². The number of aliphatic hydroxyl groups is 1. The molecule has 0 fully saturated rings. The van der Waals surface area contributed by atoms with Crippen LogP contribution in [0.3, 0.4) is 0 Å². The normalized spacial score (nSPS) is 18.5. The van der Waals surface area contributed by atoms with E-state index in [1.165, 1.54) is 60.7 Å². The number of hydrogen-bond donors (Lipinski definition) is 1. The number of carbonyl (C=O) groups excluding carboxylic acids is 6. The lowest BCUT2D eigenvalue weighted by Gasteiger charge is -2.31. The fourth-order valence-corrected chi connectivity index (χ4v) is 6.23. The van der Waals surface area contributed by atoms with E-state index in [1.54, 1.807) is 12.2 Å². The zero-order valence-corrected chi connectivity index (χ0v) is 24.1. The second-order valence-corrected chi connectivity index (χ2v) is 11.4. The van der Waals surface area contributed by atoms with E-state index in [2.05, 4.69) is 0 Å². The number of ether oxygens (including phenoxy) is 2. The predicted molar refractivity (Wildman–Crippen MR) is 160 cm³/mol. The third kappa shape index (κ3) is 3.80. The second-order valence-electron chi connectivity index (χ2n) is 11.4. The van der Waals surface area contributed by atoms with Crippen LogP contribution >= 0.6 is 0 Å². The second kappa shape index (κ2) is 9.52. The van der Waals surface area contributed by atoms with Crippen molar-refractivity contribution in [3.63, 3.8) is 0 Å². The summed E-state index contributed by atoms with van der Waals surface area (Å²) in [6.07, 6.45) is 3.41. The number of hydrogen-bond acceptors (Lipinski definition) is 9. The highest BCUT2D eigenvalue weighted by molar-refractivity contribution is 6.55. The minimum absolute atomic E-state index is 0.0121. The molecule has 0 bridgehead atoms. The van der Waals surface area contributed by atoms with Crippen molar-refractivity contribution in [1.82, 2.24) is 0 Å². The summed E-state index contributed by atoms with van der Waals surface area (Å²) in [4.78, 5) is 83.8. The highest BCUT2D eigenvalue weighted by Gasteiger charge is 2.47. The first-order chi connectivity index (χ1) is 21.5. The molecule has 45 heavy (non-hydrogen) atoms. The van der Waals surface area contributed by atoms with E-state index in [9.17, 15) is 33.9 Å². The zero-order chi connectivity index (χ0) is 31.9. The SMILES string of the molecule is COC1=C(C2=C(C3=C(O)c4ccccc4C(=O)C3=O)C(=O)c3ccccc3C2=O)C(=O)c2ccc3c(c2C1=O)C=CC(C)(C)O3. The van der Waals surface area contributed by atoms with Gasteiger partial charge in [-0.15, -0.1) is 0 Å². The van der Waals surface area contributed by atoms with E-state index in [-0.39, 0.29) is 33.4 Å². The maximum atomic E-state index is 14.4. The number of benzene rings is 3. The molecule has 1 aliphatic heterocycles. The number of ketones is 6. The minimum Gasteiger partial charge on any atom is -0.506 e. The molecule has 1 heterocycles. The molecular weight excluding hydrogens is 576 g/mol. The summed E-state index contributed by atoms with van der Waals surface area (Å²) in [5.41, 5.74) is -3.30. The van der Waals surface area contributed by atoms with Gasteiger partial charge in [-0.1, -0.05) is 54.6 Å². The maximum absolute atomic E-state index is 14.4. The minimum atomic E-state index is -1.24. The molecule has 9 heteroatoms. The molecule has 4 aliphatic rings. The van der Waals surface area contributed by atoms with Gasteiger partial charge in [-0.25, -0.2) is 0 Å². The van der Waals surface area contributed by atoms with Crippen LogP contribution < -0.4 is 4.74 Å². The summed E-state index contributed by atoms with van der Waals surface area (Å²) >= 11 is 0. The van der Waals surface area contributed by atoms with Crippen LogP contribution in [0.2, 0.25) is 0 Å². The molecule has 7 rings (SSSR count). The molecule has 0 saturated carbocycles. The summed E-state index contributed by atoms with van der Waals surface area (Å²) in [6.45, 7) is 3.66. The Morgan fingerprint density at radius 1 is 0.600 bits per heavy atom. The topological polar surface area (TPSA) is 141 Å². The predicted octanol–water partition coefficient (Wildman–Crippen LogP) is 5.26. The number of aliphatic hydroxyl groups excluding tert-OH is 1. The van der Waals surface area contributed by atoms with Crippen LogP contribution in [0.4, 0.5) is 0 Å². The average Bonchev–Trinajstić information content (AvgIpc) is 3.03. The maximum Gasteiger partial charge on any atom is 0.238 e. The van der Waals surface area contributed by atoms with E-state index in [1.807, 2.05) is 13.8 Å². The standard InChI is InChI=1S/C36H22O9/c1-36(2)15-14-20-22(45-36)13-12-21-23(20)34(43)35(44-3)27(31(21)40)25-24(28(37)16-8-4-5-9-17(16)29(25)38)26-30(39)18-10-6-7-11-19(18)32(41)33(26)42/h4-15,39H,1-3H3. The van der Waals surface area contributed by atoms with Crippen molar-refractivity contribution in [2.24, 2.45) is 0 Å². The molecule has 220 valence electrons. The molecule has 0 aromatic heterocycles. The monoisotopic (exact) mass is 598 g/mol. The van der Waals surface area contributed by atoms with Gasteiger partial charge in [-0.05, 0) is 32.1 Å². The van der Waals surface area contributed by atoms with Crippen molar-refractivity contribution in [3.8, 4) is 5.75 Å². The Bertz CT molecular complexity index is 2150. The Kier molecular flexibility index (Phi) is 5.89. The van der Waals surface area contributed by atoms with Gasteiger partial charge in [0.1, 0.15) is 17.1 Å². The van der Waals surface area contributed by atoms with E-state index in [0.29, 0.717) is 11.3 Å². The van der Waals surface area contributed by atoms with Crippen LogP contribution in [-0.4, -0.2) is 52.5 Å². The largest absolute Gasteiger partial charge is 0.506 e. The number of carbonyl (C=O) groups is 6. The fraction of sp³-hybridized carbons (Fsp3) is 0.111. The fourth-order valence-electron chi connectivity index (χ4n) is 6.23. The number of fused-ring (bicyclic) bond motifs is 5. The third-order valence-electron chi connectivity index (χ3n) is 8.28. The van der Waals surface area contributed by atoms with Gasteiger partial charge in [0.05, 0.1) is 18.3 Å². The third-order valence-corrected chi connectivity index (χ3v) is 8.28. The quantitative estimate of drug-likeness (QED) is 0.400. The van der Waals surface area contributed by atoms with Crippen molar-refractivity contribution in [2.45, 2.75) is 19.4 Å². The molecule has 0 radical (unpaired) electrons. The molecule has 0 atom stereocenters. The molecule has 3 aromatic rings. The molecule has 1 N–H and O–H groups in total. The Morgan fingerprint density at radius 3 is 1.73 bits per heavy atom. The number of allylic oxidation sites excluding steroid dienone is 5. The van der Waals surface area contributed by atoms with Crippen molar-refractivity contribution in [3.05, 3.63) is 134 Å². The molecular formula is C36H22O9. The summed E-state index contributed by atoms with van der Waals surface area (Å²) in [6, 6.07) is 14.5. The van der Waals surface area contributed by atoms with Crippen LogP contribution in [0, 0.1) is 0 Å². The molecule has 0 saturated heterocycles. The first-order valence-electron chi connectivity index (χ1n) is 13.9. The Labute approximate surface area is 255 Å². The highest BCUT2D eigenvalue weighted by atomic mass is 16.5. The van der Waals surface area contributed by atoms with Crippen LogP contribution in [0.25, 0.3) is 11.8 Å². The summed E-state index contributed by atoms with van der Waals surface area (Å²) in [5, 5.41) is 11.4. The molecule has 3 aromatic carbocycles. The van der Waals surface area contributed by atoms with Crippen molar-refractivity contribution < 1.29 is 43.3 Å². The van der Waals surface area contributed by atoms with E-state index >= 15 is 0 Å². The van der Waals surface area contributed by atoms with E-state index < -0.39 is 74.1 Å². The van der Waals surface area contributed by atoms with E-state index in [0.717, 1.165) is 7.11 Å².